The first-order valence-electron chi connectivity index (χ1n) is 9.62. The number of aromatic nitrogens is 1. The number of anilines is 1. The van der Waals surface area contributed by atoms with E-state index in [-0.39, 0.29) is 11.3 Å². The highest BCUT2D eigenvalue weighted by atomic mass is 16.3. The summed E-state index contributed by atoms with van der Waals surface area (Å²) in [7, 11) is 0. The molecule has 4 aliphatic carbocycles. The molecule has 1 amide bonds. The van der Waals surface area contributed by atoms with Crippen molar-refractivity contribution in [3.63, 3.8) is 0 Å². The van der Waals surface area contributed by atoms with Gasteiger partial charge in [0.05, 0.1) is 11.0 Å². The van der Waals surface area contributed by atoms with Crippen LogP contribution in [0.25, 0.3) is 10.9 Å². The zero-order valence-corrected chi connectivity index (χ0v) is 14.8. The largest absolute Gasteiger partial charge is 0.390 e. The molecule has 0 radical (unpaired) electrons. The van der Waals surface area contributed by atoms with Gasteiger partial charge in [0, 0.05) is 29.3 Å². The van der Waals surface area contributed by atoms with Crippen molar-refractivity contribution in [1.29, 1.82) is 0 Å². The maximum atomic E-state index is 13.7. The fraction of sp³-hybridized carbons (Fsp3) is 0.571. The van der Waals surface area contributed by atoms with E-state index < -0.39 is 5.60 Å². The van der Waals surface area contributed by atoms with E-state index in [1.165, 1.54) is 6.42 Å². The number of amides is 1. The predicted octanol–water partition coefficient (Wildman–Crippen LogP) is 3.85. The molecule has 0 aliphatic heterocycles. The summed E-state index contributed by atoms with van der Waals surface area (Å²) in [6.07, 6.45) is 7.54. The van der Waals surface area contributed by atoms with Crippen molar-refractivity contribution >= 4 is 22.5 Å². The minimum atomic E-state index is -0.594. The third kappa shape index (κ3) is 2.27. The van der Waals surface area contributed by atoms with Gasteiger partial charge in [-0.3, -0.25) is 4.79 Å². The molecule has 132 valence electrons. The summed E-state index contributed by atoms with van der Waals surface area (Å²) in [6.45, 7) is 2.72. The molecule has 4 saturated carbocycles. The molecule has 1 aromatic carbocycles. The molecular weight excluding hydrogens is 312 g/mol. The van der Waals surface area contributed by atoms with Gasteiger partial charge >= 0.3 is 0 Å². The lowest BCUT2D eigenvalue weighted by atomic mass is 9.47. The van der Waals surface area contributed by atoms with Gasteiger partial charge < -0.3 is 15.0 Å². The monoisotopic (exact) mass is 338 g/mol. The Morgan fingerprint density at radius 1 is 1.24 bits per heavy atom. The molecule has 6 rings (SSSR count). The second kappa shape index (κ2) is 5.10. The van der Waals surface area contributed by atoms with Crippen molar-refractivity contribution in [3.05, 3.63) is 30.5 Å². The van der Waals surface area contributed by atoms with Crippen LogP contribution in [0.5, 0.6) is 0 Å². The quantitative estimate of drug-likeness (QED) is 0.893. The van der Waals surface area contributed by atoms with Gasteiger partial charge in [0.15, 0.2) is 0 Å². The smallest absolute Gasteiger partial charge is 0.233 e. The topological polar surface area (TPSA) is 56.3 Å². The average molecular weight is 338 g/mol. The second-order valence-electron chi connectivity index (χ2n) is 8.76. The third-order valence-electron chi connectivity index (χ3n) is 6.89. The van der Waals surface area contributed by atoms with E-state index in [0.717, 1.165) is 42.3 Å². The van der Waals surface area contributed by atoms with Crippen LogP contribution in [0.1, 0.15) is 45.4 Å². The molecule has 0 saturated heterocycles. The highest BCUT2D eigenvalue weighted by Gasteiger charge is 2.60. The number of aliphatic hydroxyl groups is 1. The van der Waals surface area contributed by atoms with Gasteiger partial charge in [-0.15, -0.1) is 0 Å². The average Bonchev–Trinajstić information content (AvgIpc) is 3.01. The molecule has 1 aromatic heterocycles. The molecule has 2 atom stereocenters. The first kappa shape index (κ1) is 15.4. The lowest BCUT2D eigenvalue weighted by Gasteiger charge is -2.59. The fourth-order valence-corrected chi connectivity index (χ4v) is 6.40. The van der Waals surface area contributed by atoms with Crippen LogP contribution >= 0.6 is 0 Å². The van der Waals surface area contributed by atoms with Gasteiger partial charge in [-0.1, -0.05) is 0 Å². The highest BCUT2D eigenvalue weighted by Crippen LogP contribution is 2.62. The van der Waals surface area contributed by atoms with Crippen LogP contribution in [0.4, 0.5) is 5.69 Å². The normalized spacial score (nSPS) is 36.1. The second-order valence-corrected chi connectivity index (χ2v) is 8.76. The number of aromatic amines is 1. The van der Waals surface area contributed by atoms with Crippen LogP contribution < -0.4 is 4.90 Å². The van der Waals surface area contributed by atoms with E-state index in [1.54, 1.807) is 0 Å². The summed E-state index contributed by atoms with van der Waals surface area (Å²) < 4.78 is 0. The van der Waals surface area contributed by atoms with Crippen LogP contribution in [0.3, 0.4) is 0 Å². The lowest BCUT2D eigenvalue weighted by Crippen LogP contribution is -2.60. The molecule has 4 heteroatoms. The number of nitrogens with one attached hydrogen (secondary N) is 1. The Balaban J connectivity index is 1.51. The maximum Gasteiger partial charge on any atom is 0.233 e. The van der Waals surface area contributed by atoms with Crippen LogP contribution in [0.2, 0.25) is 0 Å². The zero-order valence-electron chi connectivity index (χ0n) is 14.8. The number of H-pyrrole nitrogens is 1. The van der Waals surface area contributed by atoms with E-state index >= 15 is 0 Å². The number of fused-ring (bicyclic) bond motifs is 1. The Hall–Kier alpha value is -1.81. The minimum absolute atomic E-state index is 0.234. The van der Waals surface area contributed by atoms with Gasteiger partial charge in [0.1, 0.15) is 0 Å². The van der Waals surface area contributed by atoms with Crippen LogP contribution in [-0.2, 0) is 4.79 Å². The van der Waals surface area contributed by atoms with Gasteiger partial charge in [-0.2, -0.15) is 0 Å². The van der Waals surface area contributed by atoms with Crippen LogP contribution in [0.15, 0.2) is 30.5 Å². The van der Waals surface area contributed by atoms with E-state index in [4.69, 9.17) is 0 Å². The van der Waals surface area contributed by atoms with Gasteiger partial charge in [0.25, 0.3) is 0 Å². The highest BCUT2D eigenvalue weighted by molar-refractivity contribution is 5.99. The SMILES string of the molecule is CCN(C(=O)C12CC3CC(CC(O)(C3)C1)C2)c1ccc2[nH]ccc2c1. The Bertz CT molecular complexity index is 825. The van der Waals surface area contributed by atoms with Crippen molar-refractivity contribution in [2.24, 2.45) is 17.3 Å². The van der Waals surface area contributed by atoms with Crippen molar-refractivity contribution in [2.75, 3.05) is 11.4 Å². The van der Waals surface area contributed by atoms with E-state index in [9.17, 15) is 9.90 Å². The van der Waals surface area contributed by atoms with Crippen molar-refractivity contribution in [3.8, 4) is 0 Å². The Kier molecular flexibility index (Phi) is 3.15. The van der Waals surface area contributed by atoms with Crippen LogP contribution in [-0.4, -0.2) is 28.1 Å². The molecule has 1 heterocycles. The lowest BCUT2D eigenvalue weighted by molar-refractivity contribution is -0.176. The standard InChI is InChI=1S/C21H26N2O2/c1-2-23(17-3-4-18-16(8-17)5-6-22-18)19(24)20-9-14-7-15(10-20)12-21(25,11-14)13-20/h3-6,8,14-15,22,25H,2,7,9-13H2,1H3. The molecular formula is C21H26N2O2. The Labute approximate surface area is 148 Å². The summed E-state index contributed by atoms with van der Waals surface area (Å²) in [4.78, 5) is 18.8. The number of hydrogen-bond acceptors (Lipinski definition) is 2. The number of rotatable bonds is 3. The number of benzene rings is 1. The molecule has 4 fully saturated rings. The minimum Gasteiger partial charge on any atom is -0.390 e. The molecule has 2 aromatic rings. The number of hydrogen-bond donors (Lipinski definition) is 2. The van der Waals surface area contributed by atoms with Crippen molar-refractivity contribution in [2.45, 2.75) is 51.0 Å². The summed E-state index contributed by atoms with van der Waals surface area (Å²) in [5, 5.41) is 12.1. The molecule has 4 bridgehead atoms. The van der Waals surface area contributed by atoms with Gasteiger partial charge in [0.2, 0.25) is 5.91 Å². The van der Waals surface area contributed by atoms with Gasteiger partial charge in [-0.25, -0.2) is 0 Å². The number of carbonyl (C=O) groups excluding carboxylic acids is 1. The zero-order chi connectivity index (χ0) is 17.2. The fourth-order valence-electron chi connectivity index (χ4n) is 6.40. The molecule has 4 aliphatic rings. The van der Waals surface area contributed by atoms with Gasteiger partial charge in [-0.05, 0) is 81.5 Å². The number of carbonyl (C=O) groups is 1. The van der Waals surface area contributed by atoms with E-state index in [1.807, 2.05) is 29.3 Å². The molecule has 2 N–H and O–H groups in total. The summed E-state index contributed by atoms with van der Waals surface area (Å²) >= 11 is 0. The maximum absolute atomic E-state index is 13.7. The van der Waals surface area contributed by atoms with Crippen molar-refractivity contribution < 1.29 is 9.90 Å². The number of nitrogens with zero attached hydrogens (tertiary/aromatic N) is 1. The summed E-state index contributed by atoms with van der Waals surface area (Å²) in [6, 6.07) is 8.23. The third-order valence-corrected chi connectivity index (χ3v) is 6.89. The molecule has 4 nitrogen and oxygen atoms in total. The molecule has 2 unspecified atom stereocenters. The summed E-state index contributed by atoms with van der Waals surface area (Å²) in [5.74, 6) is 1.29. The molecule has 0 spiro atoms. The Morgan fingerprint density at radius 3 is 2.68 bits per heavy atom. The van der Waals surface area contributed by atoms with E-state index in [2.05, 4.69) is 18.0 Å². The Morgan fingerprint density at radius 2 is 2.00 bits per heavy atom. The first-order chi connectivity index (χ1) is 12.0. The molecule has 25 heavy (non-hydrogen) atoms. The predicted molar refractivity (Wildman–Crippen MR) is 98.4 cm³/mol. The van der Waals surface area contributed by atoms with Crippen molar-refractivity contribution in [1.82, 2.24) is 4.98 Å². The summed E-state index contributed by atoms with van der Waals surface area (Å²) in [5.41, 5.74) is 1.13. The first-order valence-corrected chi connectivity index (χ1v) is 9.62. The van der Waals surface area contributed by atoms with E-state index in [0.29, 0.717) is 24.8 Å². The van der Waals surface area contributed by atoms with Crippen LogP contribution in [0, 0.1) is 17.3 Å².